The summed E-state index contributed by atoms with van der Waals surface area (Å²) in [5, 5.41) is 10.0. The van der Waals surface area contributed by atoms with Crippen molar-refractivity contribution in [1.29, 1.82) is 0 Å². The summed E-state index contributed by atoms with van der Waals surface area (Å²) in [6, 6.07) is 2.20. The van der Waals surface area contributed by atoms with E-state index in [2.05, 4.69) is 4.98 Å². The second-order valence-corrected chi connectivity index (χ2v) is 3.65. The van der Waals surface area contributed by atoms with Crippen LogP contribution in [-0.4, -0.2) is 10.1 Å². The van der Waals surface area contributed by atoms with Crippen LogP contribution in [0.3, 0.4) is 0 Å². The van der Waals surface area contributed by atoms with Crippen LogP contribution in [-0.2, 0) is 0 Å². The third-order valence-corrected chi connectivity index (χ3v) is 2.53. The number of halogens is 2. The second-order valence-electron chi connectivity index (χ2n) is 3.24. The molecule has 0 aliphatic rings. The van der Waals surface area contributed by atoms with E-state index < -0.39 is 11.4 Å². The van der Waals surface area contributed by atoms with Gasteiger partial charge in [0.1, 0.15) is 11.6 Å². The zero-order valence-electron chi connectivity index (χ0n) is 7.77. The molecule has 5 heteroatoms. The van der Waals surface area contributed by atoms with Crippen LogP contribution in [0.2, 0.25) is 5.02 Å². The highest BCUT2D eigenvalue weighted by Crippen LogP contribution is 2.31. The molecule has 1 heterocycles. The molecule has 2 rings (SSSR count). The third kappa shape index (κ3) is 1.47. The van der Waals surface area contributed by atoms with Gasteiger partial charge in [-0.15, -0.1) is 0 Å². The number of aromatic hydroxyl groups is 1. The van der Waals surface area contributed by atoms with Crippen LogP contribution >= 0.6 is 11.6 Å². The molecule has 1 aromatic heterocycles. The maximum absolute atomic E-state index is 13.0. The normalized spacial score (nSPS) is 10.9. The average molecular weight is 228 g/mol. The number of rotatable bonds is 0. The molecule has 0 atom stereocenters. The van der Waals surface area contributed by atoms with Crippen LogP contribution in [0.5, 0.6) is 5.75 Å². The van der Waals surface area contributed by atoms with E-state index in [9.17, 15) is 14.3 Å². The molecule has 0 aliphatic heterocycles. The van der Waals surface area contributed by atoms with Gasteiger partial charge in [-0.2, -0.15) is 0 Å². The van der Waals surface area contributed by atoms with Gasteiger partial charge in [-0.1, -0.05) is 11.6 Å². The van der Waals surface area contributed by atoms with E-state index in [1.165, 1.54) is 6.92 Å². The monoisotopic (exact) mass is 227 g/mol. The van der Waals surface area contributed by atoms with Crippen LogP contribution < -0.4 is 5.56 Å². The summed E-state index contributed by atoms with van der Waals surface area (Å²) in [7, 11) is 0. The molecule has 2 N–H and O–H groups in total. The Morgan fingerprint density at radius 1 is 1.47 bits per heavy atom. The standard InChI is InChI=1S/C10H7ClFNO2/c1-4-9(14)8-6(11)2-5(12)3-7(8)13-10(4)15/h2-3H,1H3,(H2,13,14,15). The van der Waals surface area contributed by atoms with Gasteiger partial charge in [0.15, 0.2) is 0 Å². The first kappa shape index (κ1) is 9.98. The fourth-order valence-electron chi connectivity index (χ4n) is 1.42. The summed E-state index contributed by atoms with van der Waals surface area (Å²) in [4.78, 5) is 13.7. The minimum absolute atomic E-state index is 0.0712. The largest absolute Gasteiger partial charge is 0.507 e. The molecule has 0 unspecified atom stereocenters. The number of aromatic amines is 1. The molecule has 1 aromatic carbocycles. The molecule has 0 bridgehead atoms. The minimum Gasteiger partial charge on any atom is -0.507 e. The first-order valence-electron chi connectivity index (χ1n) is 4.21. The van der Waals surface area contributed by atoms with Crippen LogP contribution in [0.4, 0.5) is 4.39 Å². The lowest BCUT2D eigenvalue weighted by molar-refractivity contribution is 0.476. The SMILES string of the molecule is Cc1c(O)c2c(Cl)cc(F)cc2[nH]c1=O. The molecule has 0 radical (unpaired) electrons. The first-order chi connectivity index (χ1) is 7.00. The fourth-order valence-corrected chi connectivity index (χ4v) is 1.72. The highest BCUT2D eigenvalue weighted by molar-refractivity contribution is 6.36. The van der Waals surface area contributed by atoms with Crippen molar-refractivity contribution in [2.24, 2.45) is 0 Å². The fraction of sp³-hybridized carbons (Fsp3) is 0.100. The van der Waals surface area contributed by atoms with Crippen molar-refractivity contribution in [3.8, 4) is 5.75 Å². The molecular formula is C10H7ClFNO2. The predicted molar refractivity (Wildman–Crippen MR) is 55.9 cm³/mol. The van der Waals surface area contributed by atoms with Gasteiger partial charge in [0.2, 0.25) is 0 Å². The topological polar surface area (TPSA) is 53.1 Å². The highest BCUT2D eigenvalue weighted by Gasteiger charge is 2.12. The summed E-state index contributed by atoms with van der Waals surface area (Å²) < 4.78 is 13.0. The predicted octanol–water partition coefficient (Wildman–Crippen LogP) is 2.33. The van der Waals surface area contributed by atoms with E-state index in [1.807, 2.05) is 0 Å². The lowest BCUT2D eigenvalue weighted by Crippen LogP contribution is -2.09. The third-order valence-electron chi connectivity index (χ3n) is 2.24. The number of pyridine rings is 1. The van der Waals surface area contributed by atoms with Crippen molar-refractivity contribution >= 4 is 22.5 Å². The average Bonchev–Trinajstić information content (AvgIpc) is 2.13. The number of H-pyrrole nitrogens is 1. The number of aromatic nitrogens is 1. The van der Waals surface area contributed by atoms with Gasteiger partial charge in [-0.25, -0.2) is 4.39 Å². The van der Waals surface area contributed by atoms with E-state index >= 15 is 0 Å². The van der Waals surface area contributed by atoms with Crippen molar-refractivity contribution in [3.63, 3.8) is 0 Å². The van der Waals surface area contributed by atoms with Crippen LogP contribution in [0.1, 0.15) is 5.56 Å². The van der Waals surface area contributed by atoms with Crippen LogP contribution in [0, 0.1) is 12.7 Å². The Morgan fingerprint density at radius 2 is 2.13 bits per heavy atom. The van der Waals surface area contributed by atoms with Gasteiger partial charge >= 0.3 is 0 Å². The molecule has 78 valence electrons. The van der Waals surface area contributed by atoms with Gasteiger partial charge in [0.05, 0.1) is 21.5 Å². The zero-order chi connectivity index (χ0) is 11.2. The van der Waals surface area contributed by atoms with E-state index in [0.29, 0.717) is 0 Å². The lowest BCUT2D eigenvalue weighted by Gasteiger charge is -2.05. The molecule has 0 saturated heterocycles. The quantitative estimate of drug-likeness (QED) is 0.726. The molecule has 0 spiro atoms. The Bertz CT molecular complexity index is 606. The van der Waals surface area contributed by atoms with E-state index in [4.69, 9.17) is 11.6 Å². The number of fused-ring (bicyclic) bond motifs is 1. The molecule has 0 amide bonds. The van der Waals surface area contributed by atoms with Crippen molar-refractivity contribution in [2.45, 2.75) is 6.92 Å². The second kappa shape index (κ2) is 3.24. The molecule has 0 aliphatic carbocycles. The molecular weight excluding hydrogens is 221 g/mol. The van der Waals surface area contributed by atoms with Crippen LogP contribution in [0.15, 0.2) is 16.9 Å². The summed E-state index contributed by atoms with van der Waals surface area (Å²) >= 11 is 5.77. The van der Waals surface area contributed by atoms with Crippen molar-refractivity contribution in [1.82, 2.24) is 4.98 Å². The zero-order valence-corrected chi connectivity index (χ0v) is 8.52. The number of hydrogen-bond acceptors (Lipinski definition) is 2. The maximum atomic E-state index is 13.0. The van der Waals surface area contributed by atoms with E-state index in [1.54, 1.807) is 0 Å². The Hall–Kier alpha value is -1.55. The number of hydrogen-bond donors (Lipinski definition) is 2. The summed E-state index contributed by atoms with van der Waals surface area (Å²) in [5.74, 6) is -0.773. The highest BCUT2D eigenvalue weighted by atomic mass is 35.5. The van der Waals surface area contributed by atoms with Crippen molar-refractivity contribution in [2.75, 3.05) is 0 Å². The molecule has 15 heavy (non-hydrogen) atoms. The molecule has 0 fully saturated rings. The van der Waals surface area contributed by atoms with E-state index in [-0.39, 0.29) is 27.2 Å². The Kier molecular flexibility index (Phi) is 2.16. The first-order valence-corrected chi connectivity index (χ1v) is 4.59. The Balaban J connectivity index is 3.05. The molecule has 0 saturated carbocycles. The van der Waals surface area contributed by atoms with Crippen molar-refractivity contribution < 1.29 is 9.50 Å². The maximum Gasteiger partial charge on any atom is 0.255 e. The van der Waals surface area contributed by atoms with Gasteiger partial charge in [-0.05, 0) is 19.1 Å². The summed E-state index contributed by atoms with van der Waals surface area (Å²) in [6.45, 7) is 1.47. The number of nitrogens with one attached hydrogen (secondary N) is 1. The smallest absolute Gasteiger partial charge is 0.255 e. The van der Waals surface area contributed by atoms with E-state index in [0.717, 1.165) is 12.1 Å². The molecule has 3 nitrogen and oxygen atoms in total. The minimum atomic E-state index is -0.564. The van der Waals surface area contributed by atoms with Crippen molar-refractivity contribution in [3.05, 3.63) is 38.9 Å². The summed E-state index contributed by atoms with van der Waals surface area (Å²) in [6.07, 6.45) is 0. The van der Waals surface area contributed by atoms with Gasteiger partial charge in [0.25, 0.3) is 5.56 Å². The van der Waals surface area contributed by atoms with Crippen LogP contribution in [0.25, 0.3) is 10.9 Å². The Morgan fingerprint density at radius 3 is 2.80 bits per heavy atom. The Labute approximate surface area is 89.1 Å². The summed E-state index contributed by atoms with van der Waals surface area (Å²) in [5.41, 5.74) is -0.106. The lowest BCUT2D eigenvalue weighted by atomic mass is 10.1. The molecule has 2 aromatic rings. The number of benzene rings is 1. The van der Waals surface area contributed by atoms with Gasteiger partial charge in [0, 0.05) is 0 Å². The van der Waals surface area contributed by atoms with Gasteiger partial charge < -0.3 is 10.1 Å². The van der Waals surface area contributed by atoms with Gasteiger partial charge in [-0.3, -0.25) is 4.79 Å².